The van der Waals surface area contributed by atoms with Gasteiger partial charge in [0.25, 0.3) is 10.0 Å². The summed E-state index contributed by atoms with van der Waals surface area (Å²) in [6.45, 7) is 0. The molecule has 0 N–H and O–H groups in total. The molecule has 0 saturated heterocycles. The van der Waals surface area contributed by atoms with Gasteiger partial charge in [0.05, 0.1) is 4.90 Å². The minimum Gasteiger partial charge on any atom is -0.199 e. The SMILES string of the molecule is O=S(=O)(/N=C(/Cl)c1ccc(Cl)cc1)c1ccccc1. The van der Waals surface area contributed by atoms with Crippen LogP contribution in [0.2, 0.25) is 5.02 Å². The third-order valence-corrected chi connectivity index (χ3v) is 4.27. The van der Waals surface area contributed by atoms with Crippen molar-refractivity contribution >= 4 is 38.4 Å². The van der Waals surface area contributed by atoms with Crippen LogP contribution in [0.1, 0.15) is 5.56 Å². The number of hydrogen-bond acceptors (Lipinski definition) is 2. The fourth-order valence-electron chi connectivity index (χ4n) is 1.39. The molecule has 2 aromatic rings. The Morgan fingerprint density at radius 1 is 0.947 bits per heavy atom. The Balaban J connectivity index is 2.38. The number of nitrogens with zero attached hydrogens (tertiary/aromatic N) is 1. The van der Waals surface area contributed by atoms with Crippen LogP contribution in [0.5, 0.6) is 0 Å². The van der Waals surface area contributed by atoms with Gasteiger partial charge in [0.2, 0.25) is 0 Å². The highest BCUT2D eigenvalue weighted by Gasteiger charge is 2.13. The lowest BCUT2D eigenvalue weighted by molar-refractivity contribution is 0.598. The van der Waals surface area contributed by atoms with Gasteiger partial charge in [0.1, 0.15) is 5.17 Å². The summed E-state index contributed by atoms with van der Waals surface area (Å²) in [6, 6.07) is 14.3. The molecule has 0 unspecified atom stereocenters. The summed E-state index contributed by atoms with van der Waals surface area (Å²) in [5.41, 5.74) is 0.491. The number of benzene rings is 2. The zero-order valence-corrected chi connectivity index (χ0v) is 12.0. The van der Waals surface area contributed by atoms with Gasteiger partial charge in [0.15, 0.2) is 0 Å². The van der Waals surface area contributed by atoms with Crippen LogP contribution in [0.4, 0.5) is 0 Å². The summed E-state index contributed by atoms with van der Waals surface area (Å²) in [4.78, 5) is 0.0992. The van der Waals surface area contributed by atoms with Crippen LogP contribution < -0.4 is 0 Å². The molecule has 0 fully saturated rings. The molecule has 2 aromatic carbocycles. The molecule has 0 aromatic heterocycles. The second kappa shape index (κ2) is 5.74. The van der Waals surface area contributed by atoms with Crippen LogP contribution in [0.15, 0.2) is 63.9 Å². The minimum atomic E-state index is -3.79. The fourth-order valence-corrected chi connectivity index (χ4v) is 2.84. The number of hydrogen-bond donors (Lipinski definition) is 0. The van der Waals surface area contributed by atoms with Crippen molar-refractivity contribution in [3.63, 3.8) is 0 Å². The summed E-state index contributed by atoms with van der Waals surface area (Å²) >= 11 is 11.7. The number of rotatable bonds is 3. The van der Waals surface area contributed by atoms with E-state index in [1.54, 1.807) is 42.5 Å². The molecule has 0 bridgehead atoms. The molecule has 0 spiro atoms. The second-order valence-corrected chi connectivity index (χ2v) is 6.08. The predicted molar refractivity (Wildman–Crippen MR) is 77.5 cm³/mol. The van der Waals surface area contributed by atoms with Crippen LogP contribution in [0, 0.1) is 0 Å². The minimum absolute atomic E-state index is 0.0967. The second-order valence-electron chi connectivity index (χ2n) is 3.68. The van der Waals surface area contributed by atoms with Gasteiger partial charge in [-0.05, 0) is 24.3 Å². The van der Waals surface area contributed by atoms with Gasteiger partial charge >= 0.3 is 0 Å². The monoisotopic (exact) mass is 313 g/mol. The van der Waals surface area contributed by atoms with Crippen LogP contribution in [0.3, 0.4) is 0 Å². The van der Waals surface area contributed by atoms with Crippen LogP contribution in [0.25, 0.3) is 0 Å². The van der Waals surface area contributed by atoms with Crippen LogP contribution in [-0.2, 0) is 10.0 Å². The lowest BCUT2D eigenvalue weighted by atomic mass is 10.2. The van der Waals surface area contributed by atoms with Gasteiger partial charge in [-0.25, -0.2) is 0 Å². The first kappa shape index (κ1) is 14.1. The fraction of sp³-hybridized carbons (Fsp3) is 0. The van der Waals surface area contributed by atoms with E-state index in [1.807, 2.05) is 0 Å². The molecule has 98 valence electrons. The normalized spacial score (nSPS) is 12.4. The Morgan fingerprint density at radius 3 is 2.11 bits per heavy atom. The zero-order valence-electron chi connectivity index (χ0n) is 9.62. The highest BCUT2D eigenvalue weighted by molar-refractivity contribution is 7.90. The maximum Gasteiger partial charge on any atom is 0.283 e. The molecule has 0 amide bonds. The van der Waals surface area contributed by atoms with Crippen molar-refractivity contribution in [2.45, 2.75) is 4.90 Å². The van der Waals surface area contributed by atoms with Gasteiger partial charge in [-0.1, -0.05) is 53.5 Å². The lowest BCUT2D eigenvalue weighted by Crippen LogP contribution is -2.01. The summed E-state index contributed by atoms with van der Waals surface area (Å²) < 4.78 is 27.6. The Kier molecular flexibility index (Phi) is 4.24. The van der Waals surface area contributed by atoms with E-state index in [1.165, 1.54) is 12.1 Å². The van der Waals surface area contributed by atoms with E-state index in [-0.39, 0.29) is 10.1 Å². The molecule has 0 heterocycles. The molecule has 3 nitrogen and oxygen atoms in total. The highest BCUT2D eigenvalue weighted by atomic mass is 35.5. The summed E-state index contributed by atoms with van der Waals surface area (Å²) in [7, 11) is -3.79. The van der Waals surface area contributed by atoms with E-state index in [2.05, 4.69) is 4.40 Å². The third-order valence-electron chi connectivity index (χ3n) is 2.32. The lowest BCUT2D eigenvalue weighted by Gasteiger charge is -2.01. The van der Waals surface area contributed by atoms with Crippen LogP contribution in [-0.4, -0.2) is 13.6 Å². The van der Waals surface area contributed by atoms with Gasteiger partial charge in [-0.2, -0.15) is 8.42 Å². The molecule has 0 saturated carbocycles. The zero-order chi connectivity index (χ0) is 13.9. The average molecular weight is 314 g/mol. The molecule has 6 heteroatoms. The van der Waals surface area contributed by atoms with Crippen molar-refractivity contribution in [1.29, 1.82) is 0 Å². The topological polar surface area (TPSA) is 46.5 Å². The molecular formula is C13H9Cl2NO2S. The maximum absolute atomic E-state index is 12.0. The van der Waals surface area contributed by atoms with E-state index in [4.69, 9.17) is 23.2 Å². The maximum atomic E-state index is 12.0. The first-order valence-electron chi connectivity index (χ1n) is 5.30. The molecule has 19 heavy (non-hydrogen) atoms. The number of halogens is 2. The first-order chi connectivity index (χ1) is 8.99. The largest absolute Gasteiger partial charge is 0.283 e. The van der Waals surface area contributed by atoms with E-state index in [0.717, 1.165) is 0 Å². The quantitative estimate of drug-likeness (QED) is 0.811. The molecule has 0 atom stereocenters. The van der Waals surface area contributed by atoms with E-state index in [9.17, 15) is 8.42 Å². The van der Waals surface area contributed by atoms with Crippen LogP contribution >= 0.6 is 23.2 Å². The predicted octanol–water partition coefficient (Wildman–Crippen LogP) is 3.71. The van der Waals surface area contributed by atoms with Crippen molar-refractivity contribution < 1.29 is 8.42 Å². The highest BCUT2D eigenvalue weighted by Crippen LogP contribution is 2.16. The van der Waals surface area contributed by atoms with E-state index < -0.39 is 10.0 Å². The standard InChI is InChI=1S/C13H9Cl2NO2S/c14-11-8-6-10(7-9-11)13(15)16-19(17,18)12-4-2-1-3-5-12/h1-9H/b16-13+. The van der Waals surface area contributed by atoms with Gasteiger partial charge < -0.3 is 0 Å². The Hall–Kier alpha value is -1.36. The van der Waals surface area contributed by atoms with Gasteiger partial charge in [0, 0.05) is 10.6 Å². The Bertz CT molecular complexity index is 695. The van der Waals surface area contributed by atoms with Crippen molar-refractivity contribution in [3.05, 3.63) is 65.2 Å². The smallest absolute Gasteiger partial charge is 0.199 e. The molecule has 0 aliphatic carbocycles. The Morgan fingerprint density at radius 2 is 1.53 bits per heavy atom. The average Bonchev–Trinajstić information content (AvgIpc) is 2.40. The first-order valence-corrected chi connectivity index (χ1v) is 7.50. The summed E-state index contributed by atoms with van der Waals surface area (Å²) in [6.07, 6.45) is 0. The molecule has 2 rings (SSSR count). The molecule has 0 aliphatic heterocycles. The molecular weight excluding hydrogens is 305 g/mol. The summed E-state index contributed by atoms with van der Waals surface area (Å²) in [5, 5.41) is 0.444. The third kappa shape index (κ3) is 3.56. The van der Waals surface area contributed by atoms with Crippen molar-refractivity contribution in [2.24, 2.45) is 4.40 Å². The van der Waals surface area contributed by atoms with E-state index >= 15 is 0 Å². The molecule has 0 radical (unpaired) electrons. The van der Waals surface area contributed by atoms with Gasteiger partial charge in [-0.15, -0.1) is 4.40 Å². The van der Waals surface area contributed by atoms with Gasteiger partial charge in [-0.3, -0.25) is 0 Å². The van der Waals surface area contributed by atoms with Crippen molar-refractivity contribution in [1.82, 2.24) is 0 Å². The molecule has 0 aliphatic rings. The summed E-state index contributed by atoms with van der Waals surface area (Å²) in [5.74, 6) is 0. The Labute approximate surface area is 121 Å². The van der Waals surface area contributed by atoms with Crippen molar-refractivity contribution in [3.8, 4) is 0 Å². The van der Waals surface area contributed by atoms with Crippen molar-refractivity contribution in [2.75, 3.05) is 0 Å². The van der Waals surface area contributed by atoms with E-state index in [0.29, 0.717) is 10.6 Å². The number of sulfonamides is 1.